The van der Waals surface area contributed by atoms with Gasteiger partial charge in [-0.15, -0.1) is 0 Å². The summed E-state index contributed by atoms with van der Waals surface area (Å²) in [7, 11) is 2.09. The van der Waals surface area contributed by atoms with Crippen LogP contribution in [0, 0.1) is 6.92 Å². The molecular weight excluding hydrogens is 260 g/mol. The molecule has 2 N–H and O–H groups in total. The number of amides is 1. The van der Waals surface area contributed by atoms with E-state index in [2.05, 4.69) is 17.7 Å². The average Bonchev–Trinajstić information content (AvgIpc) is 2.96. The number of benzene rings is 1. The summed E-state index contributed by atoms with van der Waals surface area (Å²) in [5, 5.41) is 6.54. The van der Waals surface area contributed by atoms with Gasteiger partial charge < -0.3 is 10.6 Å². The SMILES string of the molecule is CNC1(CCCCNC(=O)c2cccc(C)c2)CCCC1. The van der Waals surface area contributed by atoms with Gasteiger partial charge in [0.05, 0.1) is 0 Å². The number of nitrogens with one attached hydrogen (secondary N) is 2. The second-order valence-corrected chi connectivity index (χ2v) is 6.32. The van der Waals surface area contributed by atoms with Crippen LogP contribution in [-0.4, -0.2) is 25.0 Å². The van der Waals surface area contributed by atoms with Crippen molar-refractivity contribution in [3.8, 4) is 0 Å². The maximum atomic E-state index is 12.0. The minimum absolute atomic E-state index is 0.0443. The van der Waals surface area contributed by atoms with Crippen LogP contribution in [0.4, 0.5) is 0 Å². The molecule has 0 atom stereocenters. The van der Waals surface area contributed by atoms with Crippen molar-refractivity contribution in [3.63, 3.8) is 0 Å². The van der Waals surface area contributed by atoms with Gasteiger partial charge in [-0.1, -0.05) is 30.5 Å². The molecule has 21 heavy (non-hydrogen) atoms. The van der Waals surface area contributed by atoms with Crippen LogP contribution in [0.15, 0.2) is 24.3 Å². The molecule has 1 aromatic rings. The Labute approximate surface area is 128 Å². The molecule has 2 rings (SSSR count). The molecular formula is C18H28N2O. The standard InChI is InChI=1S/C18H28N2O/c1-15-8-7-9-16(14-15)17(21)20-13-6-5-12-18(19-2)10-3-4-11-18/h7-9,14,19H,3-6,10-13H2,1-2H3,(H,20,21). The third-order valence-electron chi connectivity index (χ3n) is 4.74. The van der Waals surface area contributed by atoms with E-state index in [1.807, 2.05) is 31.2 Å². The zero-order valence-corrected chi connectivity index (χ0v) is 13.4. The van der Waals surface area contributed by atoms with Crippen LogP contribution in [0.5, 0.6) is 0 Å². The summed E-state index contributed by atoms with van der Waals surface area (Å²) < 4.78 is 0. The van der Waals surface area contributed by atoms with E-state index in [1.165, 1.54) is 38.5 Å². The van der Waals surface area contributed by atoms with Gasteiger partial charge in [-0.2, -0.15) is 0 Å². The molecule has 0 aliphatic heterocycles. The Balaban J connectivity index is 1.67. The molecule has 1 saturated carbocycles. The Kier molecular flexibility index (Phi) is 5.80. The molecule has 0 aromatic heterocycles. The van der Waals surface area contributed by atoms with Crippen molar-refractivity contribution in [2.45, 2.75) is 57.4 Å². The van der Waals surface area contributed by atoms with Crippen molar-refractivity contribution in [2.24, 2.45) is 0 Å². The van der Waals surface area contributed by atoms with Gasteiger partial charge in [-0.25, -0.2) is 0 Å². The summed E-state index contributed by atoms with van der Waals surface area (Å²) in [6, 6.07) is 7.75. The van der Waals surface area contributed by atoms with Gasteiger partial charge in [0.25, 0.3) is 5.91 Å². The quantitative estimate of drug-likeness (QED) is 0.755. The maximum Gasteiger partial charge on any atom is 0.251 e. The molecule has 0 saturated heterocycles. The lowest BCUT2D eigenvalue weighted by Gasteiger charge is -2.28. The second-order valence-electron chi connectivity index (χ2n) is 6.32. The number of carbonyl (C=O) groups excluding carboxylic acids is 1. The summed E-state index contributed by atoms with van der Waals surface area (Å²) >= 11 is 0. The summed E-state index contributed by atoms with van der Waals surface area (Å²) in [6.45, 7) is 2.78. The van der Waals surface area contributed by atoms with E-state index in [9.17, 15) is 4.79 Å². The van der Waals surface area contributed by atoms with E-state index >= 15 is 0 Å². The fourth-order valence-electron chi connectivity index (χ4n) is 3.36. The Morgan fingerprint density at radius 3 is 2.67 bits per heavy atom. The van der Waals surface area contributed by atoms with Crippen LogP contribution < -0.4 is 10.6 Å². The van der Waals surface area contributed by atoms with E-state index in [-0.39, 0.29) is 5.91 Å². The van der Waals surface area contributed by atoms with Crippen molar-refractivity contribution in [1.82, 2.24) is 10.6 Å². The molecule has 1 aromatic carbocycles. The van der Waals surface area contributed by atoms with Gasteiger partial charge >= 0.3 is 0 Å². The number of aryl methyl sites for hydroxylation is 1. The third-order valence-corrected chi connectivity index (χ3v) is 4.74. The van der Waals surface area contributed by atoms with E-state index in [0.717, 1.165) is 24.1 Å². The number of rotatable bonds is 7. The summed E-state index contributed by atoms with van der Waals surface area (Å²) in [5.74, 6) is 0.0443. The zero-order chi connectivity index (χ0) is 15.1. The highest BCUT2D eigenvalue weighted by atomic mass is 16.1. The fourth-order valence-corrected chi connectivity index (χ4v) is 3.36. The van der Waals surface area contributed by atoms with E-state index in [0.29, 0.717) is 5.54 Å². The van der Waals surface area contributed by atoms with Crippen molar-refractivity contribution in [3.05, 3.63) is 35.4 Å². The highest BCUT2D eigenvalue weighted by Crippen LogP contribution is 2.33. The molecule has 0 bridgehead atoms. The number of hydrogen-bond donors (Lipinski definition) is 2. The van der Waals surface area contributed by atoms with Crippen molar-refractivity contribution in [2.75, 3.05) is 13.6 Å². The lowest BCUT2D eigenvalue weighted by Crippen LogP contribution is -2.40. The summed E-state index contributed by atoms with van der Waals surface area (Å²) in [4.78, 5) is 12.0. The Bertz CT molecular complexity index is 464. The van der Waals surface area contributed by atoms with Gasteiger partial charge in [0.15, 0.2) is 0 Å². The first-order valence-corrected chi connectivity index (χ1v) is 8.19. The Hall–Kier alpha value is -1.35. The van der Waals surface area contributed by atoms with E-state index in [4.69, 9.17) is 0 Å². The maximum absolute atomic E-state index is 12.0. The zero-order valence-electron chi connectivity index (χ0n) is 13.4. The molecule has 1 fully saturated rings. The van der Waals surface area contributed by atoms with E-state index in [1.54, 1.807) is 0 Å². The van der Waals surface area contributed by atoms with Crippen molar-refractivity contribution < 1.29 is 4.79 Å². The second kappa shape index (κ2) is 7.60. The molecule has 1 aliphatic carbocycles. The summed E-state index contributed by atoms with van der Waals surface area (Å²) in [5.41, 5.74) is 2.26. The average molecular weight is 288 g/mol. The van der Waals surface area contributed by atoms with Crippen molar-refractivity contribution in [1.29, 1.82) is 0 Å². The molecule has 3 nitrogen and oxygen atoms in total. The van der Waals surface area contributed by atoms with Crippen LogP contribution in [-0.2, 0) is 0 Å². The smallest absolute Gasteiger partial charge is 0.251 e. The lowest BCUT2D eigenvalue weighted by molar-refractivity contribution is 0.0952. The van der Waals surface area contributed by atoms with Crippen molar-refractivity contribution >= 4 is 5.91 Å². The van der Waals surface area contributed by atoms with Gasteiger partial charge in [-0.3, -0.25) is 4.79 Å². The topological polar surface area (TPSA) is 41.1 Å². The van der Waals surface area contributed by atoms with Crippen LogP contribution in [0.3, 0.4) is 0 Å². The molecule has 0 spiro atoms. The Morgan fingerprint density at radius 2 is 2.00 bits per heavy atom. The minimum atomic E-state index is 0.0443. The first-order chi connectivity index (χ1) is 10.2. The van der Waals surface area contributed by atoms with E-state index < -0.39 is 0 Å². The molecule has 0 heterocycles. The van der Waals surface area contributed by atoms with Gasteiger partial charge in [0.1, 0.15) is 0 Å². The monoisotopic (exact) mass is 288 g/mol. The van der Waals surface area contributed by atoms with Crippen LogP contribution >= 0.6 is 0 Å². The molecule has 3 heteroatoms. The molecule has 1 amide bonds. The highest BCUT2D eigenvalue weighted by molar-refractivity contribution is 5.94. The molecule has 0 radical (unpaired) electrons. The predicted molar refractivity (Wildman–Crippen MR) is 87.6 cm³/mol. The van der Waals surface area contributed by atoms with Gasteiger partial charge in [0, 0.05) is 17.6 Å². The van der Waals surface area contributed by atoms with Crippen LogP contribution in [0.2, 0.25) is 0 Å². The lowest BCUT2D eigenvalue weighted by atomic mass is 9.91. The molecule has 1 aliphatic rings. The number of hydrogen-bond acceptors (Lipinski definition) is 2. The number of carbonyl (C=O) groups is 1. The van der Waals surface area contributed by atoms with Crippen LogP contribution in [0.25, 0.3) is 0 Å². The summed E-state index contributed by atoms with van der Waals surface area (Å²) in [6.07, 6.45) is 8.77. The number of unbranched alkanes of at least 4 members (excludes halogenated alkanes) is 1. The first-order valence-electron chi connectivity index (χ1n) is 8.19. The fraction of sp³-hybridized carbons (Fsp3) is 0.611. The third kappa shape index (κ3) is 4.57. The minimum Gasteiger partial charge on any atom is -0.352 e. The molecule has 0 unspecified atom stereocenters. The van der Waals surface area contributed by atoms with Gasteiger partial charge in [0.2, 0.25) is 0 Å². The predicted octanol–water partition coefficient (Wildman–Crippen LogP) is 3.43. The Morgan fingerprint density at radius 1 is 1.24 bits per heavy atom. The normalized spacial score (nSPS) is 16.9. The van der Waals surface area contributed by atoms with Gasteiger partial charge in [-0.05, 0) is 58.2 Å². The first kappa shape index (κ1) is 16.0. The highest BCUT2D eigenvalue weighted by Gasteiger charge is 2.30. The molecule has 116 valence electrons. The largest absolute Gasteiger partial charge is 0.352 e. The van der Waals surface area contributed by atoms with Crippen LogP contribution in [0.1, 0.15) is 60.9 Å².